The minimum Gasteiger partial charge on any atom is -0.368 e. The SMILES string of the molecule is CC1(N)CCN(C[C@H]2O[C@@H]3OC(C)(C)O[C@@H]3[C@H]2OCc2ccccc2)CC1. The number of ether oxygens (including phenoxy) is 4. The van der Waals surface area contributed by atoms with Crippen molar-refractivity contribution in [2.75, 3.05) is 19.6 Å². The van der Waals surface area contributed by atoms with Crippen LogP contribution in [-0.2, 0) is 25.6 Å². The highest BCUT2D eigenvalue weighted by atomic mass is 16.8. The Kier molecular flexibility index (Phi) is 5.31. The molecule has 1 aromatic carbocycles. The summed E-state index contributed by atoms with van der Waals surface area (Å²) in [5.74, 6) is -0.638. The number of hydrogen-bond donors (Lipinski definition) is 1. The van der Waals surface area contributed by atoms with Crippen LogP contribution in [0.25, 0.3) is 0 Å². The normalized spacial score (nSPS) is 35.3. The molecule has 3 fully saturated rings. The summed E-state index contributed by atoms with van der Waals surface area (Å²) in [7, 11) is 0. The number of nitrogens with zero attached hydrogens (tertiary/aromatic N) is 1. The number of piperidine rings is 1. The number of hydrogen-bond acceptors (Lipinski definition) is 6. The quantitative estimate of drug-likeness (QED) is 0.850. The fourth-order valence-electron chi connectivity index (χ4n) is 4.16. The van der Waals surface area contributed by atoms with Crippen LogP contribution < -0.4 is 5.73 Å². The second-order valence-electron chi connectivity index (χ2n) is 8.86. The molecule has 0 bridgehead atoms. The molecule has 3 heterocycles. The van der Waals surface area contributed by atoms with Crippen LogP contribution in [0.1, 0.15) is 39.2 Å². The van der Waals surface area contributed by atoms with E-state index >= 15 is 0 Å². The maximum atomic E-state index is 6.31. The Bertz CT molecular complexity index is 626. The average molecular weight is 376 g/mol. The van der Waals surface area contributed by atoms with Gasteiger partial charge in [0.25, 0.3) is 0 Å². The molecular formula is C21H32N2O4. The van der Waals surface area contributed by atoms with Crippen molar-refractivity contribution >= 4 is 0 Å². The molecule has 0 saturated carbocycles. The van der Waals surface area contributed by atoms with Crippen LogP contribution in [0.15, 0.2) is 30.3 Å². The number of benzene rings is 1. The molecule has 4 atom stereocenters. The summed E-state index contributed by atoms with van der Waals surface area (Å²) in [5.41, 5.74) is 7.36. The first-order chi connectivity index (χ1) is 12.8. The first kappa shape index (κ1) is 19.3. The van der Waals surface area contributed by atoms with Gasteiger partial charge in [-0.3, -0.25) is 0 Å². The van der Waals surface area contributed by atoms with Gasteiger partial charge in [-0.25, -0.2) is 0 Å². The van der Waals surface area contributed by atoms with Crippen molar-refractivity contribution in [2.45, 2.75) is 76.1 Å². The summed E-state index contributed by atoms with van der Waals surface area (Å²) >= 11 is 0. The van der Waals surface area contributed by atoms with Gasteiger partial charge in [-0.15, -0.1) is 0 Å². The molecule has 4 rings (SSSR count). The highest BCUT2D eigenvalue weighted by molar-refractivity contribution is 5.13. The monoisotopic (exact) mass is 376 g/mol. The van der Waals surface area contributed by atoms with Gasteiger partial charge in [0.2, 0.25) is 0 Å². The molecule has 0 amide bonds. The van der Waals surface area contributed by atoms with Gasteiger partial charge in [0.05, 0.1) is 6.61 Å². The minimum absolute atomic E-state index is 0.0526. The average Bonchev–Trinajstić information content (AvgIpc) is 3.07. The summed E-state index contributed by atoms with van der Waals surface area (Å²) in [6.07, 6.45) is 1.23. The molecule has 27 heavy (non-hydrogen) atoms. The number of likely N-dealkylation sites (tertiary alicyclic amines) is 1. The fraction of sp³-hybridized carbons (Fsp3) is 0.714. The Morgan fingerprint density at radius 1 is 1.11 bits per heavy atom. The Morgan fingerprint density at radius 3 is 2.52 bits per heavy atom. The van der Waals surface area contributed by atoms with Gasteiger partial charge in [0, 0.05) is 12.1 Å². The standard InChI is InChI=1S/C21H32N2O4/c1-20(2)26-18-17(24-14-15-7-5-4-6-8-15)16(25-19(18)27-20)13-23-11-9-21(3,22)10-12-23/h4-8,16-19H,9-14,22H2,1-3H3/t16-,17+,18-,19-/m1/s1. The van der Waals surface area contributed by atoms with Crippen molar-refractivity contribution in [3.05, 3.63) is 35.9 Å². The zero-order valence-corrected chi connectivity index (χ0v) is 16.6. The molecule has 6 heteroatoms. The highest BCUT2D eigenvalue weighted by Crippen LogP contribution is 2.39. The van der Waals surface area contributed by atoms with Gasteiger partial charge in [-0.1, -0.05) is 30.3 Å². The van der Waals surface area contributed by atoms with E-state index in [2.05, 4.69) is 24.0 Å². The summed E-state index contributed by atoms with van der Waals surface area (Å²) < 4.78 is 24.6. The van der Waals surface area contributed by atoms with Crippen molar-refractivity contribution in [3.63, 3.8) is 0 Å². The first-order valence-electron chi connectivity index (χ1n) is 9.99. The van der Waals surface area contributed by atoms with Crippen molar-refractivity contribution in [3.8, 4) is 0 Å². The van der Waals surface area contributed by atoms with Crippen LogP contribution in [0.2, 0.25) is 0 Å². The summed E-state index contributed by atoms with van der Waals surface area (Å²) in [6.45, 7) is 9.31. The van der Waals surface area contributed by atoms with E-state index in [4.69, 9.17) is 24.7 Å². The van der Waals surface area contributed by atoms with Crippen LogP contribution in [0.4, 0.5) is 0 Å². The zero-order chi connectivity index (χ0) is 19.1. The van der Waals surface area contributed by atoms with E-state index in [9.17, 15) is 0 Å². The molecule has 0 aliphatic carbocycles. The third-order valence-electron chi connectivity index (χ3n) is 5.81. The summed E-state index contributed by atoms with van der Waals surface area (Å²) in [4.78, 5) is 2.42. The largest absolute Gasteiger partial charge is 0.368 e. The second kappa shape index (κ2) is 7.43. The van der Waals surface area contributed by atoms with E-state index in [1.54, 1.807) is 0 Å². The lowest BCUT2D eigenvalue weighted by Gasteiger charge is -2.38. The number of fused-ring (bicyclic) bond motifs is 1. The Morgan fingerprint density at radius 2 is 1.81 bits per heavy atom. The lowest BCUT2D eigenvalue weighted by atomic mass is 9.91. The molecule has 1 aromatic rings. The Labute approximate surface area is 161 Å². The molecule has 6 nitrogen and oxygen atoms in total. The van der Waals surface area contributed by atoms with E-state index in [1.807, 2.05) is 32.0 Å². The van der Waals surface area contributed by atoms with Gasteiger partial charge < -0.3 is 29.6 Å². The summed E-state index contributed by atoms with van der Waals surface area (Å²) in [5, 5.41) is 0. The molecule has 0 radical (unpaired) electrons. The van der Waals surface area contributed by atoms with Crippen LogP contribution in [0, 0.1) is 0 Å². The Hall–Kier alpha value is -1.02. The van der Waals surface area contributed by atoms with E-state index < -0.39 is 5.79 Å². The van der Waals surface area contributed by atoms with Crippen molar-refractivity contribution < 1.29 is 18.9 Å². The van der Waals surface area contributed by atoms with E-state index in [1.165, 1.54) is 0 Å². The zero-order valence-electron chi connectivity index (χ0n) is 16.6. The lowest BCUT2D eigenvalue weighted by molar-refractivity contribution is -0.221. The molecule has 0 unspecified atom stereocenters. The predicted octanol–water partition coefficient (Wildman–Crippen LogP) is 2.26. The smallest absolute Gasteiger partial charge is 0.190 e. The molecule has 3 aliphatic heterocycles. The van der Waals surface area contributed by atoms with Crippen LogP contribution in [0.5, 0.6) is 0 Å². The van der Waals surface area contributed by atoms with E-state index in [0.29, 0.717) is 6.61 Å². The molecule has 3 saturated heterocycles. The highest BCUT2D eigenvalue weighted by Gasteiger charge is 2.55. The molecular weight excluding hydrogens is 344 g/mol. The third-order valence-corrected chi connectivity index (χ3v) is 5.81. The first-order valence-corrected chi connectivity index (χ1v) is 9.99. The van der Waals surface area contributed by atoms with Gasteiger partial charge in [-0.2, -0.15) is 0 Å². The van der Waals surface area contributed by atoms with Gasteiger partial charge in [-0.05, 0) is 52.3 Å². The maximum Gasteiger partial charge on any atom is 0.190 e. The minimum atomic E-state index is -0.638. The molecule has 2 N–H and O–H groups in total. The van der Waals surface area contributed by atoms with Crippen molar-refractivity contribution in [1.82, 2.24) is 4.90 Å². The topological polar surface area (TPSA) is 66.2 Å². The van der Waals surface area contributed by atoms with Gasteiger partial charge >= 0.3 is 0 Å². The molecule has 3 aliphatic rings. The maximum absolute atomic E-state index is 6.31. The fourth-order valence-corrected chi connectivity index (χ4v) is 4.16. The lowest BCUT2D eigenvalue weighted by Crippen LogP contribution is -2.51. The van der Waals surface area contributed by atoms with Crippen LogP contribution in [0.3, 0.4) is 0 Å². The third kappa shape index (κ3) is 4.53. The van der Waals surface area contributed by atoms with Crippen LogP contribution in [-0.4, -0.2) is 60.5 Å². The van der Waals surface area contributed by atoms with Gasteiger partial charge in [0.15, 0.2) is 12.1 Å². The molecule has 150 valence electrons. The summed E-state index contributed by atoms with van der Waals surface area (Å²) in [6, 6.07) is 10.2. The van der Waals surface area contributed by atoms with Crippen molar-refractivity contribution in [2.24, 2.45) is 5.73 Å². The van der Waals surface area contributed by atoms with E-state index in [-0.39, 0.29) is 30.1 Å². The molecule has 0 spiro atoms. The predicted molar refractivity (Wildman–Crippen MR) is 102 cm³/mol. The van der Waals surface area contributed by atoms with Gasteiger partial charge in [0.1, 0.15) is 18.3 Å². The van der Waals surface area contributed by atoms with E-state index in [0.717, 1.165) is 38.0 Å². The molecule has 0 aromatic heterocycles. The number of nitrogens with two attached hydrogens (primary N) is 1. The van der Waals surface area contributed by atoms with Crippen molar-refractivity contribution in [1.29, 1.82) is 0 Å². The number of rotatable bonds is 5. The Balaban J connectivity index is 1.41. The second-order valence-corrected chi connectivity index (χ2v) is 8.86. The van der Waals surface area contributed by atoms with Crippen LogP contribution >= 0.6 is 0 Å².